The first kappa shape index (κ1) is 15.7. The summed E-state index contributed by atoms with van der Waals surface area (Å²) in [6.07, 6.45) is 1.63. The fourth-order valence-corrected chi connectivity index (χ4v) is 4.11. The lowest BCUT2D eigenvalue weighted by Gasteiger charge is -2.31. The van der Waals surface area contributed by atoms with Crippen molar-refractivity contribution >= 4 is 23.3 Å². The molecule has 1 atom stereocenters. The molecule has 2 aromatic carbocycles. The second kappa shape index (κ2) is 5.51. The third-order valence-corrected chi connectivity index (χ3v) is 5.31. The summed E-state index contributed by atoms with van der Waals surface area (Å²) in [4.78, 5) is 27.7. The van der Waals surface area contributed by atoms with Gasteiger partial charge in [0.2, 0.25) is 11.8 Å². The van der Waals surface area contributed by atoms with Crippen LogP contribution in [0.4, 0.5) is 15.9 Å². The minimum absolute atomic E-state index is 0.0231. The van der Waals surface area contributed by atoms with Gasteiger partial charge in [-0.05, 0) is 29.3 Å². The number of carbonyl (C=O) groups excluding carboxylic acids is 2. The zero-order valence-corrected chi connectivity index (χ0v) is 14.2. The second-order valence-electron chi connectivity index (χ2n) is 6.82. The van der Waals surface area contributed by atoms with E-state index in [0.29, 0.717) is 17.9 Å². The van der Waals surface area contributed by atoms with E-state index < -0.39 is 5.41 Å². The van der Waals surface area contributed by atoms with E-state index in [1.54, 1.807) is 23.2 Å². The van der Waals surface area contributed by atoms with Crippen LogP contribution in [0, 0.1) is 5.82 Å². The molecule has 7 heteroatoms. The van der Waals surface area contributed by atoms with Gasteiger partial charge in [0.15, 0.2) is 0 Å². The van der Waals surface area contributed by atoms with Crippen LogP contribution < -0.4 is 10.2 Å². The Morgan fingerprint density at radius 1 is 1.07 bits per heavy atom. The van der Waals surface area contributed by atoms with E-state index >= 15 is 0 Å². The Balaban J connectivity index is 1.67. The van der Waals surface area contributed by atoms with Gasteiger partial charge in [-0.25, -0.2) is 4.39 Å². The average Bonchev–Trinajstić information content (AvgIpc) is 3.22. The predicted octanol–water partition coefficient (Wildman–Crippen LogP) is 2.72. The van der Waals surface area contributed by atoms with Gasteiger partial charge >= 0.3 is 0 Å². The van der Waals surface area contributed by atoms with E-state index in [-0.39, 0.29) is 24.1 Å². The van der Waals surface area contributed by atoms with Gasteiger partial charge in [0.1, 0.15) is 17.1 Å². The topological polar surface area (TPSA) is 78.1 Å². The van der Waals surface area contributed by atoms with Crippen LogP contribution in [0.1, 0.15) is 23.1 Å². The number of amides is 2. The monoisotopic (exact) mass is 362 g/mol. The molecule has 2 aliphatic heterocycles. The number of para-hydroxylation sites is 1. The number of hydrogen-bond donors (Lipinski definition) is 2. The van der Waals surface area contributed by atoms with Crippen LogP contribution in [0.15, 0.2) is 54.7 Å². The highest BCUT2D eigenvalue weighted by Crippen LogP contribution is 2.51. The minimum Gasteiger partial charge on any atom is -0.311 e. The molecular weight excluding hydrogens is 347 g/mol. The number of hydrogen-bond acceptors (Lipinski definition) is 3. The largest absolute Gasteiger partial charge is 0.311 e. The molecule has 27 heavy (non-hydrogen) atoms. The van der Waals surface area contributed by atoms with Crippen molar-refractivity contribution in [2.75, 3.05) is 10.2 Å². The first-order chi connectivity index (χ1) is 13.1. The standard InChI is InChI=1S/C20H15FN4O2/c21-13-7-5-12(6-8-13)11-25-16-4-2-1-3-14(16)20(19(25)27)9-17(26)23-18-15(20)10-22-24-18/h1-8,10H,9,11H2,(H2,22,23,24,26)/t20-/m1/s1. The van der Waals surface area contributed by atoms with Crippen molar-refractivity contribution < 1.29 is 14.0 Å². The lowest BCUT2D eigenvalue weighted by Crippen LogP contribution is -2.46. The maximum Gasteiger partial charge on any atom is 0.243 e. The van der Waals surface area contributed by atoms with Crippen LogP contribution >= 0.6 is 0 Å². The third kappa shape index (κ3) is 2.14. The summed E-state index contributed by atoms with van der Waals surface area (Å²) < 4.78 is 13.2. The number of rotatable bonds is 2. The van der Waals surface area contributed by atoms with E-state index in [4.69, 9.17) is 0 Å². The van der Waals surface area contributed by atoms with Gasteiger partial charge in [-0.15, -0.1) is 0 Å². The molecule has 0 bridgehead atoms. The van der Waals surface area contributed by atoms with Crippen molar-refractivity contribution in [1.29, 1.82) is 0 Å². The van der Waals surface area contributed by atoms with Crippen molar-refractivity contribution in [3.8, 4) is 0 Å². The number of nitrogens with zero attached hydrogens (tertiary/aromatic N) is 2. The lowest BCUT2D eigenvalue weighted by atomic mass is 9.72. The maximum atomic E-state index is 13.6. The summed E-state index contributed by atoms with van der Waals surface area (Å²) in [6, 6.07) is 13.5. The fraction of sp³-hybridized carbons (Fsp3) is 0.150. The zero-order valence-electron chi connectivity index (χ0n) is 14.2. The Kier molecular flexibility index (Phi) is 3.21. The van der Waals surface area contributed by atoms with Gasteiger partial charge in [-0.1, -0.05) is 30.3 Å². The van der Waals surface area contributed by atoms with Crippen LogP contribution in [-0.2, 0) is 21.5 Å². The number of halogens is 1. The Hall–Kier alpha value is -3.48. The Labute approximate surface area is 154 Å². The normalized spacial score (nSPS) is 20.6. The summed E-state index contributed by atoms with van der Waals surface area (Å²) in [7, 11) is 0. The molecule has 0 fully saturated rings. The highest BCUT2D eigenvalue weighted by atomic mass is 19.1. The smallest absolute Gasteiger partial charge is 0.243 e. The van der Waals surface area contributed by atoms with Gasteiger partial charge < -0.3 is 10.2 Å². The van der Waals surface area contributed by atoms with Crippen molar-refractivity contribution in [3.63, 3.8) is 0 Å². The molecule has 0 saturated heterocycles. The minimum atomic E-state index is -1.10. The number of nitrogens with one attached hydrogen (secondary N) is 2. The first-order valence-corrected chi connectivity index (χ1v) is 8.59. The van der Waals surface area contributed by atoms with Gasteiger partial charge in [-0.2, -0.15) is 5.10 Å². The van der Waals surface area contributed by atoms with Crippen LogP contribution in [0.3, 0.4) is 0 Å². The summed E-state index contributed by atoms with van der Waals surface area (Å²) >= 11 is 0. The molecule has 2 amide bonds. The molecule has 0 saturated carbocycles. The van der Waals surface area contributed by atoms with Crippen molar-refractivity contribution in [2.24, 2.45) is 0 Å². The number of aromatic nitrogens is 2. The molecule has 3 aromatic rings. The number of benzene rings is 2. The van der Waals surface area contributed by atoms with Crippen molar-refractivity contribution in [3.05, 3.63) is 77.2 Å². The van der Waals surface area contributed by atoms with Gasteiger partial charge in [-0.3, -0.25) is 14.7 Å². The molecule has 5 rings (SSSR count). The molecule has 134 valence electrons. The summed E-state index contributed by atoms with van der Waals surface area (Å²) in [5, 5.41) is 9.54. The van der Waals surface area contributed by atoms with E-state index in [0.717, 1.165) is 16.8 Å². The number of anilines is 2. The Bertz CT molecular complexity index is 1080. The van der Waals surface area contributed by atoms with Gasteiger partial charge in [0.25, 0.3) is 0 Å². The predicted molar refractivity (Wildman–Crippen MR) is 96.6 cm³/mol. The highest BCUT2D eigenvalue weighted by Gasteiger charge is 2.56. The number of carbonyl (C=O) groups is 2. The number of H-pyrrole nitrogens is 1. The van der Waals surface area contributed by atoms with E-state index in [9.17, 15) is 14.0 Å². The molecule has 3 heterocycles. The maximum absolute atomic E-state index is 13.6. The van der Waals surface area contributed by atoms with Crippen LogP contribution in [0.25, 0.3) is 0 Å². The summed E-state index contributed by atoms with van der Waals surface area (Å²) in [5.41, 5.74) is 1.93. The van der Waals surface area contributed by atoms with Crippen molar-refractivity contribution in [2.45, 2.75) is 18.4 Å². The molecule has 0 unspecified atom stereocenters. The lowest BCUT2D eigenvalue weighted by molar-refractivity contribution is -0.126. The zero-order chi connectivity index (χ0) is 18.6. The van der Waals surface area contributed by atoms with E-state index in [1.165, 1.54) is 12.1 Å². The average molecular weight is 362 g/mol. The van der Waals surface area contributed by atoms with Gasteiger partial charge in [0.05, 0.1) is 12.7 Å². The third-order valence-electron chi connectivity index (χ3n) is 5.31. The quantitative estimate of drug-likeness (QED) is 0.736. The molecule has 1 aromatic heterocycles. The van der Waals surface area contributed by atoms with E-state index in [2.05, 4.69) is 15.5 Å². The number of aromatic amines is 1. The molecule has 2 aliphatic rings. The second-order valence-corrected chi connectivity index (χ2v) is 6.82. The molecule has 0 radical (unpaired) electrons. The summed E-state index contributed by atoms with van der Waals surface area (Å²) in [6.45, 7) is 0.298. The van der Waals surface area contributed by atoms with Crippen molar-refractivity contribution in [1.82, 2.24) is 10.2 Å². The van der Waals surface area contributed by atoms with Crippen LogP contribution in [0.2, 0.25) is 0 Å². The Morgan fingerprint density at radius 2 is 1.85 bits per heavy atom. The first-order valence-electron chi connectivity index (χ1n) is 8.59. The highest BCUT2D eigenvalue weighted by molar-refractivity contribution is 6.15. The SMILES string of the molecule is O=C1C[C@]2(C(=O)N(Cc3ccc(F)cc3)c3ccccc32)c2cn[nH]c2N1. The van der Waals surface area contributed by atoms with Gasteiger partial charge in [0, 0.05) is 17.7 Å². The van der Waals surface area contributed by atoms with Crippen LogP contribution in [-0.4, -0.2) is 22.0 Å². The Morgan fingerprint density at radius 3 is 2.67 bits per heavy atom. The fourth-order valence-electron chi connectivity index (χ4n) is 4.11. The molecule has 1 spiro atoms. The van der Waals surface area contributed by atoms with Crippen LogP contribution in [0.5, 0.6) is 0 Å². The number of fused-ring (bicyclic) bond motifs is 4. The van der Waals surface area contributed by atoms with E-state index in [1.807, 2.05) is 24.3 Å². The molecular formula is C20H15FN4O2. The molecule has 0 aliphatic carbocycles. The molecule has 6 nitrogen and oxygen atoms in total. The summed E-state index contributed by atoms with van der Waals surface area (Å²) in [5.74, 6) is -0.280. The molecule has 2 N–H and O–H groups in total.